The number of sulfonamides is 1. The number of aromatic nitrogens is 3. The second-order valence-corrected chi connectivity index (χ2v) is 9.33. The van der Waals surface area contributed by atoms with Gasteiger partial charge in [0.05, 0.1) is 18.1 Å². The smallest absolute Gasteiger partial charge is 0.262 e. The molecule has 2 aromatic heterocycles. The molecule has 3 heterocycles. The largest absolute Gasteiger partial charge is 0.339 e. The zero-order chi connectivity index (χ0) is 20.6. The minimum Gasteiger partial charge on any atom is -0.339 e. The molecule has 0 N–H and O–H groups in total. The van der Waals surface area contributed by atoms with Crippen molar-refractivity contribution in [1.82, 2.24) is 18.8 Å². The Morgan fingerprint density at radius 3 is 2.62 bits per heavy atom. The Morgan fingerprint density at radius 1 is 1.17 bits per heavy atom. The molecule has 4 rings (SSSR count). The highest BCUT2D eigenvalue weighted by molar-refractivity contribution is 7.89. The molecule has 0 spiro atoms. The lowest BCUT2D eigenvalue weighted by molar-refractivity contribution is 0.388. The monoisotopic (exact) mass is 414 g/mol. The van der Waals surface area contributed by atoms with E-state index in [-0.39, 0.29) is 16.9 Å². The van der Waals surface area contributed by atoms with Crippen LogP contribution in [0.25, 0.3) is 0 Å². The first-order valence-electron chi connectivity index (χ1n) is 9.54. The van der Waals surface area contributed by atoms with Crippen molar-refractivity contribution in [2.75, 3.05) is 6.54 Å². The molecular weight excluding hydrogens is 391 g/mol. The number of aryl methyl sites for hydroxylation is 2. The highest BCUT2D eigenvalue weighted by Gasteiger charge is 2.38. The van der Waals surface area contributed by atoms with Gasteiger partial charge in [-0.15, -0.1) is 0 Å². The Morgan fingerprint density at radius 2 is 1.93 bits per heavy atom. The number of halogens is 1. The number of pyridine rings is 1. The number of hydrogen-bond acceptors (Lipinski definition) is 4. The normalized spacial score (nSPS) is 17.7. The number of hydrogen-bond donors (Lipinski definition) is 0. The predicted octanol–water partition coefficient (Wildman–Crippen LogP) is 3.38. The fourth-order valence-electron chi connectivity index (χ4n) is 3.84. The molecule has 3 aromatic rings. The molecule has 0 saturated carbocycles. The Kier molecular flexibility index (Phi) is 5.23. The van der Waals surface area contributed by atoms with Crippen LogP contribution in [0.4, 0.5) is 4.39 Å². The summed E-state index contributed by atoms with van der Waals surface area (Å²) in [6.45, 7) is 2.36. The molecule has 0 radical (unpaired) electrons. The summed E-state index contributed by atoms with van der Waals surface area (Å²) in [5.41, 5.74) is 3.61. The fraction of sp³-hybridized carbons (Fsp3) is 0.333. The zero-order valence-corrected chi connectivity index (χ0v) is 17.2. The van der Waals surface area contributed by atoms with Gasteiger partial charge in [-0.25, -0.2) is 17.8 Å². The minimum absolute atomic E-state index is 0.0612. The van der Waals surface area contributed by atoms with E-state index in [2.05, 4.69) is 9.97 Å². The second-order valence-electron chi connectivity index (χ2n) is 7.50. The lowest BCUT2D eigenvalue weighted by Crippen LogP contribution is -2.31. The van der Waals surface area contributed by atoms with Crippen molar-refractivity contribution in [3.63, 3.8) is 0 Å². The van der Waals surface area contributed by atoms with Crippen molar-refractivity contribution in [3.8, 4) is 0 Å². The summed E-state index contributed by atoms with van der Waals surface area (Å²) in [4.78, 5) is 8.68. The number of rotatable bonds is 5. The number of nitrogens with zero attached hydrogens (tertiary/aromatic N) is 4. The molecule has 1 fully saturated rings. The molecule has 1 aliphatic rings. The molecule has 1 aliphatic heterocycles. The van der Waals surface area contributed by atoms with Crippen LogP contribution >= 0.6 is 0 Å². The van der Waals surface area contributed by atoms with Gasteiger partial charge in [-0.3, -0.25) is 4.98 Å². The molecule has 6 nitrogen and oxygen atoms in total. The minimum atomic E-state index is -3.68. The summed E-state index contributed by atoms with van der Waals surface area (Å²) < 4.78 is 42.5. The summed E-state index contributed by atoms with van der Waals surface area (Å²) in [5.74, 6) is -0.262. The lowest BCUT2D eigenvalue weighted by Gasteiger charge is -2.23. The van der Waals surface area contributed by atoms with E-state index in [1.54, 1.807) is 23.7 Å². The second kappa shape index (κ2) is 7.68. The standard InChI is InChI=1S/C21H23FN4O2S/c1-15-10-17(11-16-5-7-18(22)8-6-16)12-19(24-15)20-4-3-9-26(20)29(27,28)21-13-25(2)14-23-21/h5-8,10,12-14,20H,3-4,9,11H2,1-2H3/t20-/m1/s1. The lowest BCUT2D eigenvalue weighted by atomic mass is 10.0. The van der Waals surface area contributed by atoms with Crippen LogP contribution in [0.5, 0.6) is 0 Å². The van der Waals surface area contributed by atoms with Crippen molar-refractivity contribution < 1.29 is 12.8 Å². The van der Waals surface area contributed by atoms with Crippen molar-refractivity contribution in [1.29, 1.82) is 0 Å². The van der Waals surface area contributed by atoms with Gasteiger partial charge in [-0.1, -0.05) is 12.1 Å². The Labute approximate surface area is 170 Å². The van der Waals surface area contributed by atoms with Crippen molar-refractivity contribution in [2.24, 2.45) is 7.05 Å². The predicted molar refractivity (Wildman–Crippen MR) is 107 cm³/mol. The van der Waals surface area contributed by atoms with E-state index in [1.165, 1.54) is 29.0 Å². The Hall–Kier alpha value is -2.58. The van der Waals surface area contributed by atoms with Crippen LogP contribution in [0.2, 0.25) is 0 Å². The summed E-state index contributed by atoms with van der Waals surface area (Å²) in [6.07, 6.45) is 5.15. The maximum Gasteiger partial charge on any atom is 0.262 e. The average molecular weight is 415 g/mol. The first kappa shape index (κ1) is 19.7. The van der Waals surface area contributed by atoms with E-state index in [9.17, 15) is 12.8 Å². The van der Waals surface area contributed by atoms with Crippen molar-refractivity contribution in [3.05, 3.63) is 77.3 Å². The molecule has 8 heteroatoms. The summed E-state index contributed by atoms with van der Waals surface area (Å²) in [6, 6.07) is 10.1. The third-order valence-electron chi connectivity index (χ3n) is 5.15. The van der Waals surface area contributed by atoms with Gasteiger partial charge in [0, 0.05) is 25.5 Å². The van der Waals surface area contributed by atoms with Crippen LogP contribution in [-0.2, 0) is 23.5 Å². The van der Waals surface area contributed by atoms with Gasteiger partial charge in [-0.05, 0) is 61.6 Å². The summed E-state index contributed by atoms with van der Waals surface area (Å²) in [5, 5.41) is 0.0612. The van der Waals surface area contributed by atoms with Gasteiger partial charge in [0.25, 0.3) is 10.0 Å². The van der Waals surface area contributed by atoms with Crippen LogP contribution in [0.1, 0.15) is 41.4 Å². The molecule has 0 bridgehead atoms. The number of imidazole rings is 1. The van der Waals surface area contributed by atoms with Crippen LogP contribution in [0.15, 0.2) is 53.9 Å². The van der Waals surface area contributed by atoms with E-state index in [0.717, 1.165) is 35.4 Å². The summed E-state index contributed by atoms with van der Waals surface area (Å²) in [7, 11) is -1.94. The van der Waals surface area contributed by atoms with Crippen LogP contribution in [0.3, 0.4) is 0 Å². The van der Waals surface area contributed by atoms with Gasteiger partial charge < -0.3 is 4.57 Å². The molecular formula is C21H23FN4O2S. The molecule has 1 aromatic carbocycles. The molecule has 152 valence electrons. The van der Waals surface area contributed by atoms with E-state index in [0.29, 0.717) is 13.0 Å². The molecule has 1 saturated heterocycles. The third kappa shape index (κ3) is 4.09. The van der Waals surface area contributed by atoms with Crippen molar-refractivity contribution >= 4 is 10.0 Å². The molecule has 1 atom stereocenters. The molecule has 29 heavy (non-hydrogen) atoms. The molecule has 0 amide bonds. The van der Waals surface area contributed by atoms with Crippen LogP contribution in [-0.4, -0.2) is 33.8 Å². The van der Waals surface area contributed by atoms with Gasteiger partial charge in [0.1, 0.15) is 5.82 Å². The highest BCUT2D eigenvalue weighted by atomic mass is 32.2. The van der Waals surface area contributed by atoms with E-state index < -0.39 is 10.0 Å². The van der Waals surface area contributed by atoms with E-state index in [1.807, 2.05) is 19.1 Å². The fourth-order valence-corrected chi connectivity index (χ4v) is 5.48. The van der Waals surface area contributed by atoms with Gasteiger partial charge in [0.15, 0.2) is 5.03 Å². The SMILES string of the molecule is Cc1cc(Cc2ccc(F)cc2)cc([C@H]2CCCN2S(=O)(=O)c2cn(C)cn2)n1. The van der Waals surface area contributed by atoms with Gasteiger partial charge in [-0.2, -0.15) is 4.31 Å². The van der Waals surface area contributed by atoms with Crippen molar-refractivity contribution in [2.45, 2.75) is 37.3 Å². The Bertz CT molecular complexity index is 1130. The Balaban J connectivity index is 1.64. The van der Waals surface area contributed by atoms with Crippen LogP contribution < -0.4 is 0 Å². The first-order chi connectivity index (χ1) is 13.8. The summed E-state index contributed by atoms with van der Waals surface area (Å²) >= 11 is 0. The van der Waals surface area contributed by atoms with Gasteiger partial charge in [0.2, 0.25) is 0 Å². The zero-order valence-electron chi connectivity index (χ0n) is 16.4. The van der Waals surface area contributed by atoms with E-state index >= 15 is 0 Å². The van der Waals surface area contributed by atoms with Gasteiger partial charge >= 0.3 is 0 Å². The third-order valence-corrected chi connectivity index (χ3v) is 6.95. The van der Waals surface area contributed by atoms with E-state index in [4.69, 9.17) is 0 Å². The maximum atomic E-state index is 13.2. The highest BCUT2D eigenvalue weighted by Crippen LogP contribution is 2.36. The molecule has 0 aliphatic carbocycles. The topological polar surface area (TPSA) is 68.1 Å². The maximum absolute atomic E-state index is 13.2. The molecule has 0 unspecified atom stereocenters. The van der Waals surface area contributed by atoms with Crippen LogP contribution in [0, 0.1) is 12.7 Å². The quantitative estimate of drug-likeness (QED) is 0.642. The average Bonchev–Trinajstić information content (AvgIpc) is 3.33. The first-order valence-corrected chi connectivity index (χ1v) is 11.0. The number of benzene rings is 1.